The van der Waals surface area contributed by atoms with Gasteiger partial charge < -0.3 is 19.7 Å². The Morgan fingerprint density at radius 2 is 2.03 bits per heavy atom. The Balaban J connectivity index is 1.70. The molecular weight excluding hydrogens is 388 g/mol. The molecule has 29 heavy (non-hydrogen) atoms. The number of benzene rings is 2. The van der Waals surface area contributed by atoms with E-state index in [4.69, 9.17) is 9.84 Å². The van der Waals surface area contributed by atoms with E-state index in [0.717, 1.165) is 39.0 Å². The molecule has 2 N–H and O–H groups in total. The number of aromatic nitrogens is 3. The summed E-state index contributed by atoms with van der Waals surface area (Å²) < 4.78 is 7.84. The summed E-state index contributed by atoms with van der Waals surface area (Å²) in [6.45, 7) is 3.33. The molecule has 152 valence electrons. The smallest absolute Gasteiger partial charge is 0.307 e. The van der Waals surface area contributed by atoms with Crippen LogP contribution in [-0.2, 0) is 24.8 Å². The molecule has 0 spiro atoms. The van der Waals surface area contributed by atoms with Gasteiger partial charge in [-0.2, -0.15) is 0 Å². The SMILES string of the molecule is CCCOc1cc(Sc2nncn2C)ccc1CNc1ccc(CC(=O)O)cc1. The van der Waals surface area contributed by atoms with E-state index in [1.54, 1.807) is 6.33 Å². The van der Waals surface area contributed by atoms with Crippen LogP contribution in [0.2, 0.25) is 0 Å². The molecule has 0 aliphatic heterocycles. The number of nitrogens with one attached hydrogen (secondary N) is 1. The lowest BCUT2D eigenvalue weighted by Gasteiger charge is -2.14. The van der Waals surface area contributed by atoms with Gasteiger partial charge in [0, 0.05) is 29.7 Å². The first kappa shape index (κ1) is 20.7. The Morgan fingerprint density at radius 1 is 1.24 bits per heavy atom. The molecular formula is C21H24N4O3S. The van der Waals surface area contributed by atoms with Crippen molar-refractivity contribution in [1.82, 2.24) is 14.8 Å². The summed E-state index contributed by atoms with van der Waals surface area (Å²) in [5.41, 5.74) is 2.76. The highest BCUT2D eigenvalue weighted by Gasteiger charge is 2.10. The molecule has 3 rings (SSSR count). The maximum absolute atomic E-state index is 10.8. The summed E-state index contributed by atoms with van der Waals surface area (Å²) in [5.74, 6) is 0.0109. The fourth-order valence-electron chi connectivity index (χ4n) is 2.67. The van der Waals surface area contributed by atoms with Crippen molar-refractivity contribution in [1.29, 1.82) is 0 Å². The lowest BCUT2D eigenvalue weighted by atomic mass is 10.1. The number of hydrogen-bond donors (Lipinski definition) is 2. The van der Waals surface area contributed by atoms with E-state index in [1.165, 1.54) is 11.8 Å². The molecule has 0 aliphatic rings. The van der Waals surface area contributed by atoms with Crippen LogP contribution in [0.4, 0.5) is 5.69 Å². The van der Waals surface area contributed by atoms with E-state index >= 15 is 0 Å². The van der Waals surface area contributed by atoms with Crippen LogP contribution >= 0.6 is 11.8 Å². The van der Waals surface area contributed by atoms with Crippen LogP contribution in [-0.4, -0.2) is 32.4 Å². The third-order valence-corrected chi connectivity index (χ3v) is 5.21. The molecule has 0 atom stereocenters. The third kappa shape index (κ3) is 5.99. The van der Waals surface area contributed by atoms with Crippen LogP contribution in [0.25, 0.3) is 0 Å². The van der Waals surface area contributed by atoms with Crippen LogP contribution in [0.3, 0.4) is 0 Å². The van der Waals surface area contributed by atoms with E-state index < -0.39 is 5.97 Å². The Morgan fingerprint density at radius 3 is 2.69 bits per heavy atom. The quantitative estimate of drug-likeness (QED) is 0.520. The zero-order valence-electron chi connectivity index (χ0n) is 16.5. The minimum absolute atomic E-state index is 0.0277. The highest BCUT2D eigenvalue weighted by molar-refractivity contribution is 7.99. The van der Waals surface area contributed by atoms with Crippen molar-refractivity contribution in [2.75, 3.05) is 11.9 Å². The fraction of sp³-hybridized carbons (Fsp3) is 0.286. The molecule has 0 aliphatic carbocycles. The second kappa shape index (κ2) is 9.97. The van der Waals surface area contributed by atoms with Crippen molar-refractivity contribution in [3.8, 4) is 5.75 Å². The van der Waals surface area contributed by atoms with Crippen LogP contribution in [0.15, 0.2) is 58.8 Å². The van der Waals surface area contributed by atoms with Gasteiger partial charge in [0.2, 0.25) is 0 Å². The van der Waals surface area contributed by atoms with Gasteiger partial charge in [0.15, 0.2) is 5.16 Å². The molecule has 1 aromatic heterocycles. The normalized spacial score (nSPS) is 10.7. The largest absolute Gasteiger partial charge is 0.493 e. The number of hydrogen-bond acceptors (Lipinski definition) is 6. The molecule has 1 heterocycles. The monoisotopic (exact) mass is 412 g/mol. The van der Waals surface area contributed by atoms with E-state index in [2.05, 4.69) is 28.5 Å². The van der Waals surface area contributed by atoms with Gasteiger partial charge in [0.25, 0.3) is 0 Å². The second-order valence-corrected chi connectivity index (χ2v) is 7.61. The van der Waals surface area contributed by atoms with Gasteiger partial charge in [-0.1, -0.05) is 25.1 Å². The number of ether oxygens (including phenoxy) is 1. The molecule has 0 saturated heterocycles. The molecule has 7 nitrogen and oxygen atoms in total. The van der Waals surface area contributed by atoms with Gasteiger partial charge in [-0.05, 0) is 48.0 Å². The molecule has 2 aromatic carbocycles. The predicted octanol–water partition coefficient (Wildman–Crippen LogP) is 3.99. The van der Waals surface area contributed by atoms with Gasteiger partial charge in [-0.25, -0.2) is 0 Å². The molecule has 8 heteroatoms. The molecule has 3 aromatic rings. The van der Waals surface area contributed by atoms with E-state index in [1.807, 2.05) is 48.0 Å². The minimum atomic E-state index is -0.831. The Kier molecular flexibility index (Phi) is 7.13. The van der Waals surface area contributed by atoms with E-state index in [-0.39, 0.29) is 6.42 Å². The Bertz CT molecular complexity index is 957. The Hall–Kier alpha value is -3.00. The fourth-order valence-corrected chi connectivity index (χ4v) is 3.47. The minimum Gasteiger partial charge on any atom is -0.493 e. The first-order valence-corrected chi connectivity index (χ1v) is 10.2. The topological polar surface area (TPSA) is 89.3 Å². The lowest BCUT2D eigenvalue weighted by molar-refractivity contribution is -0.136. The number of carbonyl (C=O) groups is 1. The molecule has 0 bridgehead atoms. The number of nitrogens with zero attached hydrogens (tertiary/aromatic N) is 3. The van der Waals surface area contributed by atoms with Gasteiger partial charge in [0.05, 0.1) is 13.0 Å². The van der Waals surface area contributed by atoms with Gasteiger partial charge in [-0.3, -0.25) is 4.79 Å². The molecule has 0 saturated carbocycles. The number of aliphatic carboxylic acids is 1. The highest BCUT2D eigenvalue weighted by Crippen LogP contribution is 2.31. The van der Waals surface area contributed by atoms with Crippen molar-refractivity contribution in [2.24, 2.45) is 7.05 Å². The van der Waals surface area contributed by atoms with Crippen molar-refractivity contribution < 1.29 is 14.6 Å². The highest BCUT2D eigenvalue weighted by atomic mass is 32.2. The molecule has 0 radical (unpaired) electrons. The van der Waals surface area contributed by atoms with Gasteiger partial charge in [0.1, 0.15) is 12.1 Å². The number of anilines is 1. The Labute approximate surface area is 174 Å². The van der Waals surface area contributed by atoms with Crippen LogP contribution in [0, 0.1) is 0 Å². The zero-order valence-corrected chi connectivity index (χ0v) is 17.3. The summed E-state index contributed by atoms with van der Waals surface area (Å²) in [7, 11) is 1.91. The summed E-state index contributed by atoms with van der Waals surface area (Å²) in [6.07, 6.45) is 2.63. The van der Waals surface area contributed by atoms with Crippen LogP contribution in [0.1, 0.15) is 24.5 Å². The third-order valence-electron chi connectivity index (χ3n) is 4.17. The van der Waals surface area contributed by atoms with Crippen LogP contribution < -0.4 is 10.1 Å². The summed E-state index contributed by atoms with van der Waals surface area (Å²) in [4.78, 5) is 11.8. The summed E-state index contributed by atoms with van der Waals surface area (Å²) in [6, 6.07) is 13.6. The molecule has 0 amide bonds. The summed E-state index contributed by atoms with van der Waals surface area (Å²) >= 11 is 1.54. The van der Waals surface area contributed by atoms with Gasteiger partial charge >= 0.3 is 5.97 Å². The average molecular weight is 413 g/mol. The number of aryl methyl sites for hydroxylation is 1. The lowest BCUT2D eigenvalue weighted by Crippen LogP contribution is -2.05. The first-order valence-electron chi connectivity index (χ1n) is 9.37. The number of rotatable bonds is 10. The van der Waals surface area contributed by atoms with E-state index in [0.29, 0.717) is 13.2 Å². The first-order chi connectivity index (χ1) is 14.0. The van der Waals surface area contributed by atoms with Crippen LogP contribution in [0.5, 0.6) is 5.75 Å². The molecule has 0 fully saturated rings. The summed E-state index contributed by atoms with van der Waals surface area (Å²) in [5, 5.41) is 21.1. The number of carboxylic acids is 1. The van der Waals surface area contributed by atoms with Crippen molar-refractivity contribution in [3.63, 3.8) is 0 Å². The maximum atomic E-state index is 10.8. The van der Waals surface area contributed by atoms with Crippen molar-refractivity contribution in [2.45, 2.75) is 36.4 Å². The second-order valence-electron chi connectivity index (χ2n) is 6.57. The van der Waals surface area contributed by atoms with E-state index in [9.17, 15) is 4.79 Å². The number of carboxylic acid groups (broad SMARTS) is 1. The zero-order chi connectivity index (χ0) is 20.6. The van der Waals surface area contributed by atoms with Crippen molar-refractivity contribution >= 4 is 23.4 Å². The standard InChI is InChI=1S/C21H24N4O3S/c1-3-10-28-19-12-18(29-21-24-23-14-25(21)2)9-6-16(19)13-22-17-7-4-15(5-8-17)11-20(26)27/h4-9,12,14,22H,3,10-11,13H2,1-2H3,(H,26,27). The molecule has 0 unspecified atom stereocenters. The van der Waals surface area contributed by atoms with Crippen molar-refractivity contribution in [3.05, 3.63) is 59.9 Å². The maximum Gasteiger partial charge on any atom is 0.307 e. The average Bonchev–Trinajstić information content (AvgIpc) is 3.10. The predicted molar refractivity (Wildman–Crippen MR) is 112 cm³/mol. The van der Waals surface area contributed by atoms with Gasteiger partial charge in [-0.15, -0.1) is 10.2 Å².